The van der Waals surface area contributed by atoms with Crippen molar-refractivity contribution in [3.05, 3.63) is 95.6 Å². The number of halogens is 1. The number of carbonyl (C=O) groups is 1. The maximum atomic E-state index is 13.3. The lowest BCUT2D eigenvalue weighted by atomic mass is 9.96. The van der Waals surface area contributed by atoms with Crippen LogP contribution in [0.5, 0.6) is 5.75 Å². The van der Waals surface area contributed by atoms with Gasteiger partial charge in [-0.25, -0.2) is 4.39 Å². The molecule has 5 heteroatoms. The minimum Gasteiger partial charge on any atom is -0.497 e. The number of rotatable bonds is 8. The number of methoxy groups -OCH3 is 1. The van der Waals surface area contributed by atoms with Crippen LogP contribution in [0.1, 0.15) is 49.0 Å². The van der Waals surface area contributed by atoms with E-state index >= 15 is 0 Å². The van der Waals surface area contributed by atoms with E-state index < -0.39 is 0 Å². The van der Waals surface area contributed by atoms with E-state index in [0.717, 1.165) is 22.6 Å². The summed E-state index contributed by atoms with van der Waals surface area (Å²) in [7, 11) is 1.63. The van der Waals surface area contributed by atoms with Crippen LogP contribution in [-0.2, 0) is 11.3 Å². The first kappa shape index (κ1) is 21.5. The molecule has 0 aliphatic rings. The van der Waals surface area contributed by atoms with Crippen molar-refractivity contribution in [2.45, 2.75) is 38.8 Å². The zero-order valence-corrected chi connectivity index (χ0v) is 17.6. The van der Waals surface area contributed by atoms with Crippen molar-refractivity contribution >= 4 is 5.91 Å². The predicted octanol–water partition coefficient (Wildman–Crippen LogP) is 5.51. The van der Waals surface area contributed by atoms with E-state index in [1.807, 2.05) is 61.2 Å². The minimum atomic E-state index is -0.276. The fraction of sp³-hybridized carbons (Fsp3) is 0.280. The first-order valence-electron chi connectivity index (χ1n) is 10.1. The number of pyridine rings is 1. The molecular weight excluding hydrogens is 379 g/mol. The van der Waals surface area contributed by atoms with E-state index in [0.29, 0.717) is 13.0 Å². The Morgan fingerprint density at radius 2 is 1.67 bits per heavy atom. The highest BCUT2D eigenvalue weighted by Crippen LogP contribution is 2.28. The minimum absolute atomic E-state index is 0.0209. The van der Waals surface area contributed by atoms with Crippen molar-refractivity contribution in [3.8, 4) is 5.75 Å². The molecule has 2 aromatic carbocycles. The lowest BCUT2D eigenvalue weighted by Gasteiger charge is -2.30. The fourth-order valence-corrected chi connectivity index (χ4v) is 3.46. The molecule has 0 bridgehead atoms. The van der Waals surface area contributed by atoms with Crippen LogP contribution in [0.15, 0.2) is 72.9 Å². The van der Waals surface area contributed by atoms with Gasteiger partial charge in [-0.1, -0.05) is 37.3 Å². The topological polar surface area (TPSA) is 42.4 Å². The number of aromatic nitrogens is 1. The summed E-state index contributed by atoms with van der Waals surface area (Å²) in [4.78, 5) is 19.6. The molecule has 0 spiro atoms. The molecule has 3 aromatic rings. The molecule has 0 saturated carbocycles. The summed E-state index contributed by atoms with van der Waals surface area (Å²) in [6, 6.07) is 19.7. The Kier molecular flexibility index (Phi) is 7.17. The second kappa shape index (κ2) is 10.0. The van der Waals surface area contributed by atoms with Gasteiger partial charge in [0.05, 0.1) is 25.4 Å². The van der Waals surface area contributed by atoms with Crippen molar-refractivity contribution < 1.29 is 13.9 Å². The SMILES string of the molecule is COc1ccc([C@@H](C)N(Cc2ccccn2)C(=O)CC(C)c2ccc(F)cc2)cc1. The van der Waals surface area contributed by atoms with Crippen molar-refractivity contribution in [1.29, 1.82) is 0 Å². The van der Waals surface area contributed by atoms with Crippen molar-refractivity contribution in [3.63, 3.8) is 0 Å². The molecule has 156 valence electrons. The van der Waals surface area contributed by atoms with E-state index in [9.17, 15) is 9.18 Å². The summed E-state index contributed by atoms with van der Waals surface area (Å²) in [5.74, 6) is 0.508. The summed E-state index contributed by atoms with van der Waals surface area (Å²) in [5, 5.41) is 0. The summed E-state index contributed by atoms with van der Waals surface area (Å²) in [6.07, 6.45) is 2.07. The molecular formula is C25H27FN2O2. The number of carbonyl (C=O) groups excluding carboxylic acids is 1. The lowest BCUT2D eigenvalue weighted by Crippen LogP contribution is -2.34. The first-order valence-corrected chi connectivity index (χ1v) is 10.1. The van der Waals surface area contributed by atoms with E-state index in [4.69, 9.17) is 4.74 Å². The monoisotopic (exact) mass is 406 g/mol. The maximum Gasteiger partial charge on any atom is 0.224 e. The second-order valence-electron chi connectivity index (χ2n) is 7.45. The highest BCUT2D eigenvalue weighted by Gasteiger charge is 2.24. The van der Waals surface area contributed by atoms with Crippen molar-refractivity contribution in [1.82, 2.24) is 9.88 Å². The highest BCUT2D eigenvalue weighted by molar-refractivity contribution is 5.77. The average molecular weight is 407 g/mol. The van der Waals surface area contributed by atoms with Gasteiger partial charge in [0.25, 0.3) is 0 Å². The van der Waals surface area contributed by atoms with Crippen molar-refractivity contribution in [2.24, 2.45) is 0 Å². The Morgan fingerprint density at radius 1 is 1.00 bits per heavy atom. The number of benzene rings is 2. The van der Waals surface area contributed by atoms with E-state index in [-0.39, 0.29) is 23.7 Å². The number of nitrogens with zero attached hydrogens (tertiary/aromatic N) is 2. The Balaban J connectivity index is 1.81. The van der Waals surface area contributed by atoms with E-state index in [2.05, 4.69) is 4.98 Å². The van der Waals surface area contributed by atoms with Gasteiger partial charge in [-0.3, -0.25) is 9.78 Å². The van der Waals surface area contributed by atoms with Gasteiger partial charge in [-0.15, -0.1) is 0 Å². The number of hydrogen-bond donors (Lipinski definition) is 0. The van der Waals surface area contributed by atoms with Gasteiger partial charge in [-0.2, -0.15) is 0 Å². The second-order valence-corrected chi connectivity index (χ2v) is 7.45. The average Bonchev–Trinajstić information content (AvgIpc) is 2.78. The van der Waals surface area contributed by atoms with Gasteiger partial charge in [0.1, 0.15) is 11.6 Å². The molecule has 1 aromatic heterocycles. The molecule has 0 aliphatic heterocycles. The van der Waals surface area contributed by atoms with Gasteiger partial charge >= 0.3 is 0 Å². The van der Waals surface area contributed by atoms with Gasteiger partial charge in [0.2, 0.25) is 5.91 Å². The quantitative estimate of drug-likeness (QED) is 0.495. The molecule has 2 atom stereocenters. The van der Waals surface area contributed by atoms with Crippen LogP contribution in [0.4, 0.5) is 4.39 Å². The summed E-state index contributed by atoms with van der Waals surface area (Å²) in [6.45, 7) is 4.43. The molecule has 1 heterocycles. The van der Waals surface area contributed by atoms with Gasteiger partial charge < -0.3 is 9.64 Å². The molecule has 4 nitrogen and oxygen atoms in total. The Hall–Kier alpha value is -3.21. The van der Waals surface area contributed by atoms with Gasteiger partial charge in [0.15, 0.2) is 0 Å². The Morgan fingerprint density at radius 3 is 2.27 bits per heavy atom. The van der Waals surface area contributed by atoms with Crippen LogP contribution in [-0.4, -0.2) is 22.9 Å². The lowest BCUT2D eigenvalue weighted by molar-refractivity contribution is -0.134. The standard InChI is InChI=1S/C25H27FN2O2/c1-18(20-7-11-22(26)12-8-20)16-25(29)28(17-23-6-4-5-15-27-23)19(2)21-9-13-24(30-3)14-10-21/h4-15,18-19H,16-17H2,1-3H3/t18?,19-/m1/s1. The van der Waals surface area contributed by atoms with E-state index in [1.54, 1.807) is 25.4 Å². The van der Waals surface area contributed by atoms with Crippen LogP contribution in [0.2, 0.25) is 0 Å². The third kappa shape index (κ3) is 5.44. The zero-order valence-electron chi connectivity index (χ0n) is 17.6. The van der Waals surface area contributed by atoms with E-state index in [1.165, 1.54) is 12.1 Å². The Bertz CT molecular complexity index is 943. The summed E-state index contributed by atoms with van der Waals surface area (Å²) < 4.78 is 18.5. The molecule has 30 heavy (non-hydrogen) atoms. The third-order valence-electron chi connectivity index (χ3n) is 5.36. The third-order valence-corrected chi connectivity index (χ3v) is 5.36. The fourth-order valence-electron chi connectivity index (χ4n) is 3.46. The van der Waals surface area contributed by atoms with Crippen molar-refractivity contribution in [2.75, 3.05) is 7.11 Å². The normalized spacial score (nSPS) is 12.8. The molecule has 1 unspecified atom stereocenters. The molecule has 0 N–H and O–H groups in total. The Labute approximate surface area is 177 Å². The highest BCUT2D eigenvalue weighted by atomic mass is 19.1. The molecule has 3 rings (SSSR count). The zero-order chi connectivity index (χ0) is 21.5. The van der Waals surface area contributed by atoms with Gasteiger partial charge in [-0.05, 0) is 60.4 Å². The maximum absolute atomic E-state index is 13.3. The summed E-state index contributed by atoms with van der Waals surface area (Å²) in [5.41, 5.74) is 2.80. The number of amides is 1. The van der Waals surface area contributed by atoms with Gasteiger partial charge in [0, 0.05) is 12.6 Å². The van der Waals surface area contributed by atoms with Crippen LogP contribution >= 0.6 is 0 Å². The van der Waals surface area contributed by atoms with Crippen LogP contribution in [0.3, 0.4) is 0 Å². The van der Waals surface area contributed by atoms with Crippen LogP contribution in [0.25, 0.3) is 0 Å². The number of hydrogen-bond acceptors (Lipinski definition) is 3. The van der Waals surface area contributed by atoms with Crippen LogP contribution < -0.4 is 4.74 Å². The molecule has 0 radical (unpaired) electrons. The predicted molar refractivity (Wildman–Crippen MR) is 116 cm³/mol. The summed E-state index contributed by atoms with van der Waals surface area (Å²) >= 11 is 0. The first-order chi connectivity index (χ1) is 14.5. The molecule has 0 saturated heterocycles. The smallest absolute Gasteiger partial charge is 0.224 e. The molecule has 1 amide bonds. The largest absolute Gasteiger partial charge is 0.497 e. The molecule has 0 fully saturated rings. The number of ether oxygens (including phenoxy) is 1. The van der Waals surface area contributed by atoms with Crippen LogP contribution in [0, 0.1) is 5.82 Å². The molecule has 0 aliphatic carbocycles.